The van der Waals surface area contributed by atoms with Crippen molar-refractivity contribution in [1.29, 1.82) is 0 Å². The summed E-state index contributed by atoms with van der Waals surface area (Å²) in [5.41, 5.74) is -0.535. The summed E-state index contributed by atoms with van der Waals surface area (Å²) >= 11 is 0. The predicted octanol–water partition coefficient (Wildman–Crippen LogP) is 4.07. The summed E-state index contributed by atoms with van der Waals surface area (Å²) in [5, 5.41) is 0.0505. The summed E-state index contributed by atoms with van der Waals surface area (Å²) in [5.74, 6) is 0. The largest absolute Gasteiger partial charge is 0.417 e. The zero-order chi connectivity index (χ0) is 14.9. The normalized spacial score (nSPS) is 12.4. The lowest BCUT2D eigenvalue weighted by Crippen LogP contribution is -2.22. The molecule has 0 bridgehead atoms. The van der Waals surface area contributed by atoms with Crippen LogP contribution in [0, 0.1) is 0 Å². The fourth-order valence-electron chi connectivity index (χ4n) is 2.26. The Morgan fingerprint density at radius 3 is 2.50 bits per heavy atom. The minimum absolute atomic E-state index is 0.0505. The van der Waals surface area contributed by atoms with Crippen molar-refractivity contribution in [1.82, 2.24) is 4.57 Å². The van der Waals surface area contributed by atoms with Crippen molar-refractivity contribution in [3.05, 3.63) is 51.8 Å². The molecular formula is C15H14F3NO. The van der Waals surface area contributed by atoms with Crippen LogP contribution in [0.5, 0.6) is 0 Å². The van der Waals surface area contributed by atoms with E-state index in [1.54, 1.807) is 38.1 Å². The molecular weight excluding hydrogens is 267 g/mol. The van der Waals surface area contributed by atoms with Gasteiger partial charge in [-0.2, -0.15) is 13.2 Å². The second kappa shape index (κ2) is 5.15. The molecule has 1 aromatic heterocycles. The molecule has 0 spiro atoms. The number of hydrogen-bond donors (Lipinski definition) is 0. The molecule has 0 aliphatic rings. The monoisotopic (exact) mass is 281 g/mol. The molecule has 0 amide bonds. The summed E-state index contributed by atoms with van der Waals surface area (Å²) in [7, 11) is 0. The van der Waals surface area contributed by atoms with Crippen LogP contribution in [0.15, 0.2) is 35.1 Å². The number of hydrogen-bond acceptors (Lipinski definition) is 1. The van der Waals surface area contributed by atoms with Gasteiger partial charge in [0.1, 0.15) is 0 Å². The van der Waals surface area contributed by atoms with Crippen molar-refractivity contribution in [2.45, 2.75) is 26.6 Å². The third-order valence-electron chi connectivity index (χ3n) is 3.12. The lowest BCUT2D eigenvalue weighted by molar-refractivity contribution is -0.136. The minimum Gasteiger partial charge on any atom is -0.309 e. The van der Waals surface area contributed by atoms with E-state index >= 15 is 0 Å². The molecule has 0 unspecified atom stereocenters. The van der Waals surface area contributed by atoms with Gasteiger partial charge in [0.05, 0.1) is 11.1 Å². The fraction of sp³-hybridized carbons (Fsp3) is 0.267. The Morgan fingerprint density at radius 1 is 1.25 bits per heavy atom. The quantitative estimate of drug-likeness (QED) is 0.813. The highest BCUT2D eigenvalue weighted by atomic mass is 19.4. The number of aromatic nitrogens is 1. The number of benzene rings is 1. The molecule has 0 aliphatic carbocycles. The summed E-state index contributed by atoms with van der Waals surface area (Å²) < 4.78 is 40.6. The van der Waals surface area contributed by atoms with Crippen LogP contribution in [-0.4, -0.2) is 4.57 Å². The minimum atomic E-state index is -4.54. The average molecular weight is 281 g/mol. The molecule has 0 saturated carbocycles. The molecule has 0 saturated heterocycles. The van der Waals surface area contributed by atoms with Crippen molar-refractivity contribution in [2.24, 2.45) is 0 Å². The van der Waals surface area contributed by atoms with E-state index in [1.165, 1.54) is 10.6 Å². The lowest BCUT2D eigenvalue weighted by atomic mass is 10.0. The van der Waals surface area contributed by atoms with Crippen LogP contribution in [0.2, 0.25) is 0 Å². The molecule has 2 aromatic rings. The molecule has 0 radical (unpaired) electrons. The summed E-state index contributed by atoms with van der Waals surface area (Å²) in [4.78, 5) is 11.8. The predicted molar refractivity (Wildman–Crippen MR) is 73.6 cm³/mol. The molecule has 1 heterocycles. The number of allylic oxidation sites excluding steroid dienone is 1. The van der Waals surface area contributed by atoms with Crippen LogP contribution in [-0.2, 0) is 12.7 Å². The van der Waals surface area contributed by atoms with E-state index in [2.05, 4.69) is 0 Å². The van der Waals surface area contributed by atoms with Crippen molar-refractivity contribution in [3.63, 3.8) is 0 Å². The topological polar surface area (TPSA) is 22.0 Å². The molecule has 20 heavy (non-hydrogen) atoms. The van der Waals surface area contributed by atoms with Crippen LogP contribution in [0.25, 0.3) is 17.0 Å². The van der Waals surface area contributed by atoms with Crippen LogP contribution < -0.4 is 5.56 Å². The van der Waals surface area contributed by atoms with E-state index in [0.717, 1.165) is 0 Å². The number of nitrogens with zero attached hydrogens (tertiary/aromatic N) is 1. The molecule has 106 valence electrons. The van der Waals surface area contributed by atoms with Gasteiger partial charge in [-0.15, -0.1) is 0 Å². The molecule has 5 heteroatoms. The number of rotatable bonds is 2. The first-order valence-electron chi connectivity index (χ1n) is 6.26. The van der Waals surface area contributed by atoms with Crippen LogP contribution in [0.3, 0.4) is 0 Å². The molecule has 1 aromatic carbocycles. The van der Waals surface area contributed by atoms with E-state index in [0.29, 0.717) is 23.7 Å². The Balaban J connectivity index is 2.92. The fourth-order valence-corrected chi connectivity index (χ4v) is 2.26. The van der Waals surface area contributed by atoms with Crippen molar-refractivity contribution in [2.75, 3.05) is 0 Å². The van der Waals surface area contributed by atoms with Gasteiger partial charge in [0, 0.05) is 18.0 Å². The average Bonchev–Trinajstić information content (AvgIpc) is 2.37. The Hall–Kier alpha value is -2.04. The zero-order valence-corrected chi connectivity index (χ0v) is 11.2. The van der Waals surface area contributed by atoms with Crippen LogP contribution in [0.1, 0.15) is 25.0 Å². The molecule has 0 N–H and O–H groups in total. The summed E-state index contributed by atoms with van der Waals surface area (Å²) in [6.07, 6.45) is -1.07. The second-order valence-electron chi connectivity index (χ2n) is 4.41. The van der Waals surface area contributed by atoms with Gasteiger partial charge in [0.25, 0.3) is 5.56 Å². The third-order valence-corrected chi connectivity index (χ3v) is 3.12. The maximum Gasteiger partial charge on any atom is 0.417 e. The summed E-state index contributed by atoms with van der Waals surface area (Å²) in [6, 6.07) is 5.40. The molecule has 2 rings (SSSR count). The Morgan fingerprint density at radius 2 is 1.95 bits per heavy atom. The zero-order valence-electron chi connectivity index (χ0n) is 11.2. The van der Waals surface area contributed by atoms with Crippen molar-refractivity contribution in [3.8, 4) is 0 Å². The van der Waals surface area contributed by atoms with Gasteiger partial charge < -0.3 is 4.57 Å². The first kappa shape index (κ1) is 14.4. The van der Waals surface area contributed by atoms with Gasteiger partial charge in [-0.05, 0) is 31.5 Å². The van der Waals surface area contributed by atoms with E-state index in [9.17, 15) is 18.0 Å². The highest BCUT2D eigenvalue weighted by Crippen LogP contribution is 2.34. The molecule has 2 nitrogen and oxygen atoms in total. The number of fused-ring (bicyclic) bond motifs is 1. The van der Waals surface area contributed by atoms with Gasteiger partial charge in [-0.1, -0.05) is 18.2 Å². The number of alkyl halides is 3. The Labute approximate surface area is 114 Å². The SMILES string of the molecule is CC=Cc1ccc2c(c1)c(C(F)(F)F)cc(=O)n2CC. The standard InChI is InChI=1S/C15H14F3NO/c1-3-5-10-6-7-13-11(8-10)12(15(16,17)18)9-14(20)19(13)4-2/h3,5-9H,4H2,1-2H3. The van der Waals surface area contributed by atoms with Gasteiger partial charge in [0.15, 0.2) is 0 Å². The first-order valence-corrected chi connectivity index (χ1v) is 6.26. The van der Waals surface area contributed by atoms with Crippen LogP contribution in [0.4, 0.5) is 13.2 Å². The maximum absolute atomic E-state index is 13.1. The Bertz CT molecular complexity index is 726. The van der Waals surface area contributed by atoms with E-state index in [-0.39, 0.29) is 5.39 Å². The van der Waals surface area contributed by atoms with Crippen LogP contribution >= 0.6 is 0 Å². The summed E-state index contributed by atoms with van der Waals surface area (Å²) in [6.45, 7) is 3.85. The molecule has 0 aliphatic heterocycles. The third kappa shape index (κ3) is 2.48. The van der Waals surface area contributed by atoms with E-state index in [1.807, 2.05) is 0 Å². The van der Waals surface area contributed by atoms with Gasteiger partial charge >= 0.3 is 6.18 Å². The first-order chi connectivity index (χ1) is 9.38. The van der Waals surface area contributed by atoms with E-state index < -0.39 is 17.3 Å². The van der Waals surface area contributed by atoms with E-state index in [4.69, 9.17) is 0 Å². The van der Waals surface area contributed by atoms with Crippen molar-refractivity contribution >= 4 is 17.0 Å². The second-order valence-corrected chi connectivity index (χ2v) is 4.41. The Kier molecular flexibility index (Phi) is 3.70. The number of pyridine rings is 1. The highest BCUT2D eigenvalue weighted by molar-refractivity contribution is 5.85. The van der Waals surface area contributed by atoms with Gasteiger partial charge in [0.2, 0.25) is 0 Å². The molecule has 0 fully saturated rings. The lowest BCUT2D eigenvalue weighted by Gasteiger charge is -2.14. The van der Waals surface area contributed by atoms with Crippen molar-refractivity contribution < 1.29 is 13.2 Å². The molecule has 0 atom stereocenters. The van der Waals surface area contributed by atoms with Gasteiger partial charge in [-0.3, -0.25) is 4.79 Å². The van der Waals surface area contributed by atoms with Gasteiger partial charge in [-0.25, -0.2) is 0 Å². The smallest absolute Gasteiger partial charge is 0.309 e. The highest BCUT2D eigenvalue weighted by Gasteiger charge is 2.33. The number of aryl methyl sites for hydroxylation is 1. The maximum atomic E-state index is 13.1. The number of halogens is 3.